The summed E-state index contributed by atoms with van der Waals surface area (Å²) in [5.74, 6) is -1.29. The predicted octanol–water partition coefficient (Wildman–Crippen LogP) is 5.42. The van der Waals surface area contributed by atoms with Crippen LogP contribution in [0.15, 0.2) is 34.8 Å². The molecule has 0 spiro atoms. The van der Waals surface area contributed by atoms with Gasteiger partial charge in [0.1, 0.15) is 11.6 Å². The van der Waals surface area contributed by atoms with E-state index in [4.69, 9.17) is 23.2 Å². The number of hydrogen-bond acceptors (Lipinski definition) is 1. The van der Waals surface area contributed by atoms with Crippen molar-refractivity contribution in [1.82, 2.24) is 5.32 Å². The average Bonchev–Trinajstić information content (AvgIpc) is 2.52. The molecule has 1 heterocycles. The topological polar surface area (TPSA) is 32.3 Å². The predicted molar refractivity (Wildman–Crippen MR) is 98.5 cm³/mol. The lowest BCUT2D eigenvalue weighted by atomic mass is 9.96. The second-order valence-electron chi connectivity index (χ2n) is 5.82. The van der Waals surface area contributed by atoms with Gasteiger partial charge in [-0.3, -0.25) is 4.90 Å². The third kappa shape index (κ3) is 4.07. The summed E-state index contributed by atoms with van der Waals surface area (Å²) in [6.45, 7) is 0.710. The van der Waals surface area contributed by atoms with Crippen LogP contribution in [0.2, 0.25) is 10.0 Å². The van der Waals surface area contributed by atoms with Gasteiger partial charge in [-0.25, -0.2) is 13.6 Å². The number of nitrogens with one attached hydrogen (secondary N) is 1. The number of carbonyl (C=O) groups is 1. The highest BCUT2D eigenvalue weighted by molar-refractivity contribution is 9.10. The van der Waals surface area contributed by atoms with Gasteiger partial charge in [0.2, 0.25) is 0 Å². The largest absolute Gasteiger partial charge is 0.337 e. The first-order valence-electron chi connectivity index (χ1n) is 7.49. The summed E-state index contributed by atoms with van der Waals surface area (Å²) >= 11 is 15.8. The maximum atomic E-state index is 13.9. The van der Waals surface area contributed by atoms with Crippen LogP contribution in [-0.4, -0.2) is 19.1 Å². The lowest BCUT2D eigenvalue weighted by Crippen LogP contribution is -2.52. The van der Waals surface area contributed by atoms with Gasteiger partial charge in [-0.2, -0.15) is 0 Å². The Bertz CT molecular complexity index is 811. The van der Waals surface area contributed by atoms with E-state index >= 15 is 0 Å². The van der Waals surface area contributed by atoms with Gasteiger partial charge in [0.25, 0.3) is 0 Å². The highest BCUT2D eigenvalue weighted by atomic mass is 79.9. The summed E-state index contributed by atoms with van der Waals surface area (Å²) in [5.41, 5.74) is 0.809. The van der Waals surface area contributed by atoms with Crippen molar-refractivity contribution in [3.63, 3.8) is 0 Å². The molecule has 1 saturated heterocycles. The Morgan fingerprint density at radius 1 is 1.20 bits per heavy atom. The molecule has 8 heteroatoms. The van der Waals surface area contributed by atoms with Crippen molar-refractivity contribution in [2.24, 2.45) is 5.92 Å². The molecule has 0 aromatic heterocycles. The molecule has 1 atom stereocenters. The summed E-state index contributed by atoms with van der Waals surface area (Å²) < 4.78 is 27.6. The van der Waals surface area contributed by atoms with Crippen LogP contribution in [0.3, 0.4) is 0 Å². The molecule has 0 radical (unpaired) electrons. The van der Waals surface area contributed by atoms with E-state index in [0.29, 0.717) is 45.3 Å². The minimum Gasteiger partial charge on any atom is -0.337 e. The second kappa shape index (κ2) is 7.48. The monoisotopic (exact) mass is 448 g/mol. The average molecular weight is 450 g/mol. The van der Waals surface area contributed by atoms with Crippen molar-refractivity contribution in [2.75, 3.05) is 18.0 Å². The third-order valence-electron chi connectivity index (χ3n) is 4.00. The summed E-state index contributed by atoms with van der Waals surface area (Å²) in [4.78, 5) is 13.7. The van der Waals surface area contributed by atoms with Gasteiger partial charge in [0.05, 0.1) is 15.7 Å². The molecular weight excluding hydrogens is 437 g/mol. The minimum absolute atomic E-state index is 0.0755. The van der Waals surface area contributed by atoms with Crippen molar-refractivity contribution in [3.8, 4) is 0 Å². The number of carbonyl (C=O) groups excluding carboxylic acids is 1. The molecule has 1 N–H and O–H groups in total. The number of halogens is 5. The van der Waals surface area contributed by atoms with Crippen LogP contribution in [-0.2, 0) is 6.42 Å². The van der Waals surface area contributed by atoms with E-state index in [9.17, 15) is 13.6 Å². The number of amides is 2. The SMILES string of the molecule is O=C1NCC(Cc2ccc(F)cc2F)CN1c1c(Cl)cc(Br)cc1Cl. The summed E-state index contributed by atoms with van der Waals surface area (Å²) in [5, 5.41) is 3.43. The van der Waals surface area contributed by atoms with Crippen LogP contribution in [0.1, 0.15) is 5.56 Å². The quantitative estimate of drug-likeness (QED) is 0.666. The van der Waals surface area contributed by atoms with Gasteiger partial charge in [0, 0.05) is 23.6 Å². The molecule has 1 fully saturated rings. The Morgan fingerprint density at radius 2 is 1.88 bits per heavy atom. The van der Waals surface area contributed by atoms with E-state index in [-0.39, 0.29) is 11.9 Å². The number of nitrogens with zero attached hydrogens (tertiary/aromatic N) is 1. The van der Waals surface area contributed by atoms with Gasteiger partial charge < -0.3 is 5.32 Å². The molecule has 0 bridgehead atoms. The Hall–Kier alpha value is -1.37. The molecule has 2 aromatic rings. The zero-order valence-corrected chi connectivity index (χ0v) is 15.9. The lowest BCUT2D eigenvalue weighted by Gasteiger charge is -2.34. The van der Waals surface area contributed by atoms with E-state index in [1.54, 1.807) is 12.1 Å². The van der Waals surface area contributed by atoms with Crippen LogP contribution in [0.25, 0.3) is 0 Å². The maximum absolute atomic E-state index is 13.9. The number of benzene rings is 2. The summed E-state index contributed by atoms with van der Waals surface area (Å²) in [7, 11) is 0. The molecule has 3 rings (SSSR count). The molecule has 25 heavy (non-hydrogen) atoms. The van der Waals surface area contributed by atoms with E-state index < -0.39 is 11.6 Å². The maximum Gasteiger partial charge on any atom is 0.321 e. The van der Waals surface area contributed by atoms with Crippen LogP contribution in [0.5, 0.6) is 0 Å². The summed E-state index contributed by atoms with van der Waals surface area (Å²) in [6, 6.07) is 6.49. The normalized spacial score (nSPS) is 17.6. The fourth-order valence-electron chi connectivity index (χ4n) is 2.85. The highest BCUT2D eigenvalue weighted by Crippen LogP contribution is 2.38. The van der Waals surface area contributed by atoms with Crippen LogP contribution < -0.4 is 10.2 Å². The lowest BCUT2D eigenvalue weighted by molar-refractivity contribution is 0.237. The molecule has 0 saturated carbocycles. The van der Waals surface area contributed by atoms with Gasteiger partial charge in [-0.05, 0) is 36.1 Å². The fourth-order valence-corrected chi connectivity index (χ4v) is 4.27. The molecule has 2 amide bonds. The Morgan fingerprint density at radius 3 is 2.52 bits per heavy atom. The number of anilines is 1. The van der Waals surface area contributed by atoms with Crippen molar-refractivity contribution >= 4 is 50.9 Å². The standard InChI is InChI=1S/C17H13BrCl2F2N2O/c18-11-4-13(19)16(14(20)5-11)24-8-9(7-23-17(24)25)3-10-1-2-12(21)6-15(10)22/h1-2,4-6,9H,3,7-8H2,(H,23,25). The first-order valence-corrected chi connectivity index (χ1v) is 9.04. The highest BCUT2D eigenvalue weighted by Gasteiger charge is 2.30. The van der Waals surface area contributed by atoms with E-state index in [2.05, 4.69) is 21.2 Å². The van der Waals surface area contributed by atoms with E-state index in [1.165, 1.54) is 17.0 Å². The van der Waals surface area contributed by atoms with Crippen LogP contribution in [0.4, 0.5) is 19.3 Å². The zero-order valence-electron chi connectivity index (χ0n) is 12.8. The van der Waals surface area contributed by atoms with Crippen LogP contribution in [0, 0.1) is 17.6 Å². The Kier molecular flexibility index (Phi) is 5.51. The first-order chi connectivity index (χ1) is 11.8. The molecule has 1 aliphatic heterocycles. The molecule has 1 aliphatic rings. The molecule has 0 aliphatic carbocycles. The van der Waals surface area contributed by atoms with Gasteiger partial charge in [0.15, 0.2) is 0 Å². The molecule has 132 valence electrons. The van der Waals surface area contributed by atoms with Gasteiger partial charge in [-0.1, -0.05) is 45.2 Å². The minimum atomic E-state index is -0.617. The number of rotatable bonds is 3. The van der Waals surface area contributed by atoms with Crippen molar-refractivity contribution in [3.05, 3.63) is 62.0 Å². The zero-order chi connectivity index (χ0) is 18.1. The smallest absolute Gasteiger partial charge is 0.321 e. The third-order valence-corrected chi connectivity index (χ3v) is 5.04. The fraction of sp³-hybridized carbons (Fsp3) is 0.235. The van der Waals surface area contributed by atoms with Gasteiger partial charge >= 0.3 is 6.03 Å². The van der Waals surface area contributed by atoms with Crippen molar-refractivity contribution in [1.29, 1.82) is 0 Å². The summed E-state index contributed by atoms with van der Waals surface area (Å²) in [6.07, 6.45) is 0.356. The number of urea groups is 1. The molecule has 3 nitrogen and oxygen atoms in total. The van der Waals surface area contributed by atoms with Crippen molar-refractivity contribution < 1.29 is 13.6 Å². The van der Waals surface area contributed by atoms with Gasteiger partial charge in [-0.15, -0.1) is 0 Å². The second-order valence-corrected chi connectivity index (χ2v) is 7.55. The Labute approximate surface area is 162 Å². The van der Waals surface area contributed by atoms with E-state index in [0.717, 1.165) is 6.07 Å². The van der Waals surface area contributed by atoms with Crippen molar-refractivity contribution in [2.45, 2.75) is 6.42 Å². The first kappa shape index (κ1) is 18.4. The molecule has 2 aromatic carbocycles. The molecular formula is C17H13BrCl2F2N2O. The molecule has 1 unspecified atom stereocenters. The Balaban J connectivity index is 1.84. The number of hydrogen-bond donors (Lipinski definition) is 1. The van der Waals surface area contributed by atoms with E-state index in [1.807, 2.05) is 0 Å². The van der Waals surface area contributed by atoms with Crippen LogP contribution >= 0.6 is 39.1 Å².